The predicted molar refractivity (Wildman–Crippen MR) is 124 cm³/mol. The number of nitrogens with one attached hydrogen (secondary N) is 2. The van der Waals surface area contributed by atoms with Crippen LogP contribution in [0.4, 0.5) is 0 Å². The van der Waals surface area contributed by atoms with Gasteiger partial charge in [0.1, 0.15) is 5.76 Å². The zero-order chi connectivity index (χ0) is 18.2. The maximum atomic E-state index is 5.72. The van der Waals surface area contributed by atoms with E-state index in [0.717, 1.165) is 37.9 Å². The highest BCUT2D eigenvalue weighted by Gasteiger charge is 2.24. The molecular weight excluding hydrogens is 471 g/mol. The Bertz CT molecular complexity index is 654. The van der Waals surface area contributed by atoms with Gasteiger partial charge >= 0.3 is 0 Å². The summed E-state index contributed by atoms with van der Waals surface area (Å²) in [5, 5.41) is 11.3. The van der Waals surface area contributed by atoms with E-state index in [1.165, 1.54) is 24.8 Å². The summed E-state index contributed by atoms with van der Waals surface area (Å²) in [4.78, 5) is 6.91. The number of nitrogens with zero attached hydrogens (tertiary/aromatic N) is 2. The lowest BCUT2D eigenvalue weighted by atomic mass is 10.1. The topological polar surface area (TPSA) is 52.8 Å². The number of guanidine groups is 1. The molecule has 0 saturated carbocycles. The van der Waals surface area contributed by atoms with Crippen molar-refractivity contribution in [3.63, 3.8) is 0 Å². The van der Waals surface area contributed by atoms with Gasteiger partial charge in [-0.3, -0.25) is 9.89 Å². The van der Waals surface area contributed by atoms with Gasteiger partial charge in [-0.2, -0.15) is 11.3 Å². The van der Waals surface area contributed by atoms with Gasteiger partial charge in [-0.25, -0.2) is 0 Å². The van der Waals surface area contributed by atoms with E-state index in [4.69, 9.17) is 4.42 Å². The van der Waals surface area contributed by atoms with Gasteiger partial charge in [0.05, 0.1) is 12.3 Å². The van der Waals surface area contributed by atoms with Crippen LogP contribution in [0.15, 0.2) is 44.6 Å². The first-order valence-corrected chi connectivity index (χ1v) is 10.5. The van der Waals surface area contributed by atoms with Crippen LogP contribution in [0, 0.1) is 0 Å². The summed E-state index contributed by atoms with van der Waals surface area (Å²) in [7, 11) is 1.83. The van der Waals surface area contributed by atoms with Crippen molar-refractivity contribution in [2.75, 3.05) is 33.2 Å². The molecule has 2 atom stereocenters. The molecule has 0 spiro atoms. The average molecular weight is 502 g/mol. The van der Waals surface area contributed by atoms with E-state index < -0.39 is 0 Å². The van der Waals surface area contributed by atoms with Crippen LogP contribution in [0.25, 0.3) is 0 Å². The smallest absolute Gasteiger partial charge is 0.191 e. The Morgan fingerprint density at radius 1 is 1.22 bits per heavy atom. The lowest BCUT2D eigenvalue weighted by Gasteiger charge is -2.33. The third-order valence-corrected chi connectivity index (χ3v) is 5.78. The van der Waals surface area contributed by atoms with Gasteiger partial charge in [-0.1, -0.05) is 13.3 Å². The lowest BCUT2D eigenvalue weighted by Crippen LogP contribution is -2.45. The van der Waals surface area contributed by atoms with E-state index in [-0.39, 0.29) is 30.0 Å². The SMILES string of the molecule is CN=C(NCC(C)c1ccsc1)NCC(c1ccco1)N1CCCCC1.I. The average Bonchev–Trinajstić information content (AvgIpc) is 3.39. The van der Waals surface area contributed by atoms with Crippen molar-refractivity contribution in [3.05, 3.63) is 46.5 Å². The largest absolute Gasteiger partial charge is 0.468 e. The second-order valence-corrected chi connectivity index (χ2v) is 7.70. The Morgan fingerprint density at radius 2 is 2.00 bits per heavy atom. The monoisotopic (exact) mass is 502 g/mol. The number of aliphatic imine (C=N–C) groups is 1. The molecule has 1 saturated heterocycles. The van der Waals surface area contributed by atoms with Crippen LogP contribution in [-0.2, 0) is 0 Å². The Kier molecular flexibility index (Phi) is 9.64. The molecular formula is C20H31IN4OS. The van der Waals surface area contributed by atoms with Crippen molar-refractivity contribution in [3.8, 4) is 0 Å². The van der Waals surface area contributed by atoms with E-state index in [2.05, 4.69) is 50.3 Å². The van der Waals surface area contributed by atoms with Crippen LogP contribution in [0.3, 0.4) is 0 Å². The fourth-order valence-electron chi connectivity index (χ4n) is 3.46. The zero-order valence-electron chi connectivity index (χ0n) is 16.2. The van der Waals surface area contributed by atoms with Gasteiger partial charge in [-0.05, 0) is 66.4 Å². The second kappa shape index (κ2) is 11.7. The minimum atomic E-state index is 0. The van der Waals surface area contributed by atoms with Gasteiger partial charge in [-0.15, -0.1) is 24.0 Å². The number of hydrogen-bond donors (Lipinski definition) is 2. The number of hydrogen-bond acceptors (Lipinski definition) is 4. The van der Waals surface area contributed by atoms with E-state index in [0.29, 0.717) is 5.92 Å². The van der Waals surface area contributed by atoms with Crippen molar-refractivity contribution < 1.29 is 4.42 Å². The summed E-state index contributed by atoms with van der Waals surface area (Å²) in [6.45, 7) is 6.16. The van der Waals surface area contributed by atoms with E-state index >= 15 is 0 Å². The van der Waals surface area contributed by atoms with Crippen LogP contribution in [0.5, 0.6) is 0 Å². The number of thiophene rings is 1. The van der Waals surface area contributed by atoms with Gasteiger partial charge in [0.25, 0.3) is 0 Å². The maximum Gasteiger partial charge on any atom is 0.191 e. The highest BCUT2D eigenvalue weighted by atomic mass is 127. The van der Waals surface area contributed by atoms with Crippen molar-refractivity contribution in [1.82, 2.24) is 15.5 Å². The molecule has 3 rings (SSSR count). The number of likely N-dealkylation sites (tertiary alicyclic amines) is 1. The van der Waals surface area contributed by atoms with Crippen molar-refractivity contribution in [2.24, 2.45) is 4.99 Å². The highest BCUT2D eigenvalue weighted by molar-refractivity contribution is 14.0. The number of halogens is 1. The first kappa shape index (κ1) is 22.2. The van der Waals surface area contributed by atoms with Crippen LogP contribution >= 0.6 is 35.3 Å². The molecule has 2 unspecified atom stereocenters. The Morgan fingerprint density at radius 3 is 2.63 bits per heavy atom. The molecule has 0 aliphatic carbocycles. The molecule has 1 fully saturated rings. The first-order chi connectivity index (χ1) is 12.8. The van der Waals surface area contributed by atoms with Gasteiger partial charge in [0, 0.05) is 20.1 Å². The minimum absolute atomic E-state index is 0. The molecule has 150 valence electrons. The van der Waals surface area contributed by atoms with E-state index in [1.54, 1.807) is 17.6 Å². The molecule has 1 aliphatic rings. The number of furan rings is 1. The molecule has 0 bridgehead atoms. The fraction of sp³-hybridized carbons (Fsp3) is 0.550. The standard InChI is InChI=1S/C20H30N4OS.HI/c1-16(17-8-12-26-15-17)13-22-20(21-2)23-14-18(19-7-6-11-25-19)24-9-4-3-5-10-24;/h6-8,11-12,15-16,18H,3-5,9-10,13-14H2,1-2H3,(H2,21,22,23);1H. The molecule has 2 aromatic rings. The molecule has 27 heavy (non-hydrogen) atoms. The third-order valence-electron chi connectivity index (χ3n) is 5.08. The normalized spacial score (nSPS) is 17.8. The summed E-state index contributed by atoms with van der Waals surface area (Å²) in [6, 6.07) is 6.49. The van der Waals surface area contributed by atoms with Crippen molar-refractivity contribution in [1.29, 1.82) is 0 Å². The number of piperidine rings is 1. The first-order valence-electron chi connectivity index (χ1n) is 9.52. The van der Waals surface area contributed by atoms with Gasteiger partial charge < -0.3 is 15.1 Å². The van der Waals surface area contributed by atoms with Crippen LogP contribution < -0.4 is 10.6 Å². The summed E-state index contributed by atoms with van der Waals surface area (Å²) in [5.41, 5.74) is 1.37. The summed E-state index contributed by atoms with van der Waals surface area (Å²) in [5.74, 6) is 2.34. The third kappa shape index (κ3) is 6.50. The maximum absolute atomic E-state index is 5.72. The Balaban J connectivity index is 0.00000261. The Hall–Kier alpha value is -1.06. The van der Waals surface area contributed by atoms with Crippen LogP contribution in [0.1, 0.15) is 49.5 Å². The van der Waals surface area contributed by atoms with E-state index in [1.807, 2.05) is 13.1 Å². The van der Waals surface area contributed by atoms with Crippen LogP contribution in [0.2, 0.25) is 0 Å². The molecule has 0 amide bonds. The molecule has 2 N–H and O–H groups in total. The van der Waals surface area contributed by atoms with E-state index in [9.17, 15) is 0 Å². The van der Waals surface area contributed by atoms with Crippen molar-refractivity contribution >= 4 is 41.3 Å². The summed E-state index contributed by atoms with van der Waals surface area (Å²) in [6.07, 6.45) is 5.63. The van der Waals surface area contributed by atoms with Gasteiger partial charge in [0.2, 0.25) is 0 Å². The Labute approximate surface area is 183 Å². The second-order valence-electron chi connectivity index (χ2n) is 6.92. The molecule has 1 aliphatic heterocycles. The minimum Gasteiger partial charge on any atom is -0.468 e. The molecule has 0 aromatic carbocycles. The lowest BCUT2D eigenvalue weighted by molar-refractivity contribution is 0.146. The molecule has 2 aromatic heterocycles. The number of rotatable bonds is 7. The quantitative estimate of drug-likeness (QED) is 0.334. The molecule has 7 heteroatoms. The summed E-state index contributed by atoms with van der Waals surface area (Å²) < 4.78 is 5.72. The molecule has 0 radical (unpaired) electrons. The highest BCUT2D eigenvalue weighted by Crippen LogP contribution is 2.24. The fourth-order valence-corrected chi connectivity index (χ4v) is 4.24. The van der Waals surface area contributed by atoms with Crippen molar-refractivity contribution in [2.45, 2.75) is 38.1 Å². The van der Waals surface area contributed by atoms with Gasteiger partial charge in [0.15, 0.2) is 5.96 Å². The molecule has 3 heterocycles. The summed E-state index contributed by atoms with van der Waals surface area (Å²) >= 11 is 1.75. The van der Waals surface area contributed by atoms with Crippen LogP contribution in [-0.4, -0.2) is 44.1 Å². The molecule has 5 nitrogen and oxygen atoms in total. The zero-order valence-corrected chi connectivity index (χ0v) is 19.3. The predicted octanol–water partition coefficient (Wildman–Crippen LogP) is 4.45.